The summed E-state index contributed by atoms with van der Waals surface area (Å²) in [4.78, 5) is 22.6. The molecule has 0 saturated heterocycles. The first-order valence-corrected chi connectivity index (χ1v) is 7.56. The lowest BCUT2D eigenvalue weighted by Gasteiger charge is -2.20. The smallest absolute Gasteiger partial charge is 0.407 e. The van der Waals surface area contributed by atoms with Crippen LogP contribution >= 0.6 is 0 Å². The number of aldehydes is 1. The van der Waals surface area contributed by atoms with Gasteiger partial charge in [-0.25, -0.2) is 9.18 Å². The van der Waals surface area contributed by atoms with Crippen molar-refractivity contribution in [1.82, 2.24) is 5.32 Å². The molecule has 7 heteroatoms. The van der Waals surface area contributed by atoms with Gasteiger partial charge >= 0.3 is 6.09 Å². The molecule has 0 aliphatic rings. The number of rotatable bonds is 7. The SMILES string of the molecule is O=Cc1cc(F)ccc1C(O)C(O)CNC(=O)OCc1ccccc1. The number of hydrogen-bond donors (Lipinski definition) is 3. The maximum absolute atomic E-state index is 13.1. The molecule has 0 fully saturated rings. The van der Waals surface area contributed by atoms with Gasteiger partial charge in [0.05, 0.1) is 0 Å². The summed E-state index contributed by atoms with van der Waals surface area (Å²) in [7, 11) is 0. The standard InChI is InChI=1S/C18H18FNO5/c19-14-6-7-15(13(8-14)10-21)17(23)16(22)9-20-18(24)25-11-12-4-2-1-3-5-12/h1-8,10,16-17,22-23H,9,11H2,(H,20,24). The molecule has 25 heavy (non-hydrogen) atoms. The van der Waals surface area contributed by atoms with Crippen molar-refractivity contribution in [2.75, 3.05) is 6.54 Å². The van der Waals surface area contributed by atoms with Crippen molar-refractivity contribution in [3.05, 3.63) is 71.0 Å². The number of halogens is 1. The van der Waals surface area contributed by atoms with Crippen LogP contribution in [0.3, 0.4) is 0 Å². The van der Waals surface area contributed by atoms with Crippen molar-refractivity contribution < 1.29 is 28.9 Å². The summed E-state index contributed by atoms with van der Waals surface area (Å²) in [5.41, 5.74) is 0.807. The Morgan fingerprint density at radius 3 is 2.60 bits per heavy atom. The second kappa shape index (κ2) is 8.91. The van der Waals surface area contributed by atoms with Crippen molar-refractivity contribution in [2.24, 2.45) is 0 Å². The Hall–Kier alpha value is -2.77. The topological polar surface area (TPSA) is 95.9 Å². The van der Waals surface area contributed by atoms with E-state index in [0.717, 1.165) is 17.7 Å². The Morgan fingerprint density at radius 1 is 1.20 bits per heavy atom. The fourth-order valence-electron chi connectivity index (χ4n) is 2.20. The first-order chi connectivity index (χ1) is 12.0. The minimum Gasteiger partial charge on any atom is -0.445 e. The largest absolute Gasteiger partial charge is 0.445 e. The molecule has 0 spiro atoms. The number of nitrogens with one attached hydrogen (secondary N) is 1. The molecular formula is C18H18FNO5. The molecule has 0 aliphatic heterocycles. The van der Waals surface area contributed by atoms with Gasteiger partial charge in [0.15, 0.2) is 6.29 Å². The first kappa shape index (κ1) is 18.6. The first-order valence-electron chi connectivity index (χ1n) is 7.56. The number of carbonyl (C=O) groups excluding carboxylic acids is 2. The third kappa shape index (κ3) is 5.37. The van der Waals surface area contributed by atoms with Crippen LogP contribution in [0.25, 0.3) is 0 Å². The van der Waals surface area contributed by atoms with Crippen LogP contribution in [0.15, 0.2) is 48.5 Å². The summed E-state index contributed by atoms with van der Waals surface area (Å²) in [6.45, 7) is -0.233. The lowest BCUT2D eigenvalue weighted by molar-refractivity contribution is 0.0180. The van der Waals surface area contributed by atoms with Gasteiger partial charge in [0.2, 0.25) is 0 Å². The molecule has 2 aromatic rings. The Morgan fingerprint density at radius 2 is 1.92 bits per heavy atom. The van der Waals surface area contributed by atoms with Crippen molar-refractivity contribution >= 4 is 12.4 Å². The maximum Gasteiger partial charge on any atom is 0.407 e. The quantitative estimate of drug-likeness (QED) is 0.666. The third-order valence-electron chi connectivity index (χ3n) is 3.53. The average Bonchev–Trinajstić information content (AvgIpc) is 2.64. The Bertz CT molecular complexity index is 723. The number of hydrogen-bond acceptors (Lipinski definition) is 5. The number of aliphatic hydroxyl groups excluding tert-OH is 2. The van der Waals surface area contributed by atoms with Crippen molar-refractivity contribution in [3.8, 4) is 0 Å². The highest BCUT2D eigenvalue weighted by Crippen LogP contribution is 2.21. The number of carbonyl (C=O) groups is 2. The molecule has 2 unspecified atom stereocenters. The van der Waals surface area contributed by atoms with Gasteiger partial charge in [0.1, 0.15) is 24.6 Å². The minimum absolute atomic E-state index is 0.0680. The number of amides is 1. The fourth-order valence-corrected chi connectivity index (χ4v) is 2.20. The predicted molar refractivity (Wildman–Crippen MR) is 87.4 cm³/mol. The molecule has 6 nitrogen and oxygen atoms in total. The van der Waals surface area contributed by atoms with Gasteiger partial charge < -0.3 is 20.3 Å². The zero-order valence-corrected chi connectivity index (χ0v) is 13.3. The van der Waals surface area contributed by atoms with Gasteiger partial charge in [0, 0.05) is 12.1 Å². The van der Waals surface area contributed by atoms with Crippen LogP contribution in [-0.2, 0) is 11.3 Å². The van der Waals surface area contributed by atoms with E-state index in [9.17, 15) is 24.2 Å². The molecule has 2 aromatic carbocycles. The molecule has 132 valence electrons. The van der Waals surface area contributed by atoms with Gasteiger partial charge in [0.25, 0.3) is 0 Å². The molecule has 0 saturated carbocycles. The zero-order chi connectivity index (χ0) is 18.2. The molecule has 3 N–H and O–H groups in total. The lowest BCUT2D eigenvalue weighted by Crippen LogP contribution is -2.36. The van der Waals surface area contributed by atoms with Gasteiger partial charge in [-0.1, -0.05) is 36.4 Å². The van der Waals surface area contributed by atoms with Crippen molar-refractivity contribution in [1.29, 1.82) is 0 Å². The molecule has 0 aromatic heterocycles. The van der Waals surface area contributed by atoms with E-state index >= 15 is 0 Å². The summed E-state index contributed by atoms with van der Waals surface area (Å²) in [6, 6.07) is 12.3. The predicted octanol–water partition coefficient (Wildman–Crippen LogP) is 1.96. The summed E-state index contributed by atoms with van der Waals surface area (Å²) >= 11 is 0. The summed E-state index contributed by atoms with van der Waals surface area (Å²) in [5, 5.41) is 22.4. The number of benzene rings is 2. The molecule has 2 atom stereocenters. The highest BCUT2D eigenvalue weighted by Gasteiger charge is 2.22. The van der Waals surface area contributed by atoms with E-state index in [1.165, 1.54) is 6.07 Å². The molecule has 0 heterocycles. The Balaban J connectivity index is 1.85. The highest BCUT2D eigenvalue weighted by molar-refractivity contribution is 5.77. The van der Waals surface area contributed by atoms with Crippen LogP contribution in [0.1, 0.15) is 27.6 Å². The maximum atomic E-state index is 13.1. The molecular weight excluding hydrogens is 329 g/mol. The van der Waals surface area contributed by atoms with E-state index in [1.807, 2.05) is 18.2 Å². The average molecular weight is 347 g/mol. The summed E-state index contributed by atoms with van der Waals surface area (Å²) in [6.07, 6.45) is -3.23. The van der Waals surface area contributed by atoms with Crippen LogP contribution in [0.2, 0.25) is 0 Å². The van der Waals surface area contributed by atoms with Crippen molar-refractivity contribution in [2.45, 2.75) is 18.8 Å². The monoisotopic (exact) mass is 347 g/mol. The van der Waals surface area contributed by atoms with E-state index in [1.54, 1.807) is 12.1 Å². The van der Waals surface area contributed by atoms with Gasteiger partial charge in [-0.15, -0.1) is 0 Å². The van der Waals surface area contributed by atoms with Gasteiger partial charge in [-0.2, -0.15) is 0 Å². The number of alkyl carbamates (subject to hydrolysis) is 1. The summed E-state index contributed by atoms with van der Waals surface area (Å²) < 4.78 is 18.1. The molecule has 1 amide bonds. The number of ether oxygens (including phenoxy) is 1. The number of aliphatic hydroxyl groups is 2. The van der Waals surface area contributed by atoms with Crippen LogP contribution in [0.4, 0.5) is 9.18 Å². The fraction of sp³-hybridized carbons (Fsp3) is 0.222. The van der Waals surface area contributed by atoms with Gasteiger partial charge in [-0.05, 0) is 23.3 Å². The van der Waals surface area contributed by atoms with Crippen molar-refractivity contribution in [3.63, 3.8) is 0 Å². The summed E-state index contributed by atoms with van der Waals surface area (Å²) in [5.74, 6) is -0.629. The molecule has 0 bridgehead atoms. The zero-order valence-electron chi connectivity index (χ0n) is 13.3. The van der Waals surface area contributed by atoms with Crippen LogP contribution in [0, 0.1) is 5.82 Å². The second-order valence-electron chi connectivity index (χ2n) is 5.35. The van der Waals surface area contributed by atoms with E-state index in [-0.39, 0.29) is 24.3 Å². The van der Waals surface area contributed by atoms with E-state index in [4.69, 9.17) is 4.74 Å². The van der Waals surface area contributed by atoms with E-state index in [0.29, 0.717) is 6.29 Å². The van der Waals surface area contributed by atoms with E-state index in [2.05, 4.69) is 5.32 Å². The van der Waals surface area contributed by atoms with Gasteiger partial charge in [-0.3, -0.25) is 4.79 Å². The normalized spacial score (nSPS) is 12.9. The van der Waals surface area contributed by atoms with Crippen LogP contribution < -0.4 is 5.32 Å². The molecule has 0 radical (unpaired) electrons. The lowest BCUT2D eigenvalue weighted by atomic mass is 9.99. The Labute approximate surface area is 143 Å². The second-order valence-corrected chi connectivity index (χ2v) is 5.35. The molecule has 2 rings (SSSR count). The van der Waals surface area contributed by atoms with Crippen LogP contribution in [-0.4, -0.2) is 35.2 Å². The molecule has 0 aliphatic carbocycles. The highest BCUT2D eigenvalue weighted by atomic mass is 19.1. The van der Waals surface area contributed by atoms with Crippen LogP contribution in [0.5, 0.6) is 0 Å². The Kier molecular flexibility index (Phi) is 6.62. The third-order valence-corrected chi connectivity index (χ3v) is 3.53. The van der Waals surface area contributed by atoms with E-state index < -0.39 is 24.1 Å². The minimum atomic E-state index is -1.46.